The zero-order valence-corrected chi connectivity index (χ0v) is 13.4. The molecular formula is C16H25ClN2O. The number of hydrogen-bond donors (Lipinski definition) is 1. The summed E-state index contributed by atoms with van der Waals surface area (Å²) in [6, 6.07) is 6.80. The van der Waals surface area contributed by atoms with Crippen LogP contribution in [0.3, 0.4) is 0 Å². The molecule has 2 rings (SSSR count). The van der Waals surface area contributed by atoms with Gasteiger partial charge in [0.25, 0.3) is 0 Å². The molecule has 1 fully saturated rings. The lowest BCUT2D eigenvalue weighted by molar-refractivity contribution is 0.0846. The molecule has 1 saturated carbocycles. The second kappa shape index (κ2) is 7.30. The first-order chi connectivity index (χ1) is 9.58. The molecule has 0 heterocycles. The zero-order valence-electron chi connectivity index (χ0n) is 12.7. The van der Waals surface area contributed by atoms with E-state index in [0.29, 0.717) is 6.04 Å². The highest BCUT2D eigenvalue weighted by atomic mass is 35.5. The van der Waals surface area contributed by atoms with E-state index in [-0.39, 0.29) is 6.10 Å². The maximum absolute atomic E-state index is 6.36. The molecule has 0 aromatic heterocycles. The van der Waals surface area contributed by atoms with Crippen LogP contribution in [0, 0.1) is 0 Å². The van der Waals surface area contributed by atoms with Gasteiger partial charge >= 0.3 is 0 Å². The van der Waals surface area contributed by atoms with Crippen molar-refractivity contribution >= 4 is 17.3 Å². The number of benzene rings is 1. The predicted molar refractivity (Wildman–Crippen MR) is 85.7 cm³/mol. The van der Waals surface area contributed by atoms with Crippen LogP contribution in [0.15, 0.2) is 18.2 Å². The topological polar surface area (TPSA) is 24.5 Å². The molecule has 4 heteroatoms. The smallest absolute Gasteiger partial charge is 0.0644 e. The van der Waals surface area contributed by atoms with Gasteiger partial charge in [-0.25, -0.2) is 0 Å². The van der Waals surface area contributed by atoms with Crippen molar-refractivity contribution in [3.05, 3.63) is 28.8 Å². The maximum Gasteiger partial charge on any atom is 0.0644 e. The fourth-order valence-corrected chi connectivity index (χ4v) is 2.40. The third-order valence-electron chi connectivity index (χ3n) is 3.53. The number of rotatable bonds is 8. The average molecular weight is 297 g/mol. The Morgan fingerprint density at radius 1 is 1.40 bits per heavy atom. The molecule has 0 amide bonds. The third kappa shape index (κ3) is 4.65. The summed E-state index contributed by atoms with van der Waals surface area (Å²) >= 11 is 6.36. The lowest BCUT2D eigenvalue weighted by Gasteiger charge is -2.24. The van der Waals surface area contributed by atoms with Gasteiger partial charge in [0.05, 0.1) is 12.7 Å². The fourth-order valence-electron chi connectivity index (χ4n) is 2.16. The normalized spacial score (nSPS) is 14.8. The number of nitrogens with one attached hydrogen (secondary N) is 1. The molecule has 1 aromatic rings. The van der Waals surface area contributed by atoms with Gasteiger partial charge in [-0.05, 0) is 38.8 Å². The van der Waals surface area contributed by atoms with Crippen LogP contribution in [-0.2, 0) is 11.3 Å². The first-order valence-corrected chi connectivity index (χ1v) is 7.79. The summed E-state index contributed by atoms with van der Waals surface area (Å²) < 4.78 is 5.62. The van der Waals surface area contributed by atoms with Gasteiger partial charge in [0, 0.05) is 42.5 Å². The van der Waals surface area contributed by atoms with Crippen LogP contribution in [0.2, 0.25) is 5.02 Å². The molecular weight excluding hydrogens is 272 g/mol. The summed E-state index contributed by atoms with van der Waals surface area (Å²) in [6.07, 6.45) is 2.86. The van der Waals surface area contributed by atoms with E-state index in [9.17, 15) is 0 Å². The molecule has 20 heavy (non-hydrogen) atoms. The molecule has 0 aliphatic heterocycles. The predicted octanol–water partition coefficient (Wildman–Crippen LogP) is 3.45. The van der Waals surface area contributed by atoms with E-state index in [1.165, 1.54) is 24.1 Å². The molecule has 0 atom stereocenters. The molecule has 0 radical (unpaired) electrons. The van der Waals surface area contributed by atoms with Crippen molar-refractivity contribution in [3.63, 3.8) is 0 Å². The number of ether oxygens (including phenoxy) is 1. The Hall–Kier alpha value is -0.770. The molecule has 0 spiro atoms. The van der Waals surface area contributed by atoms with Crippen LogP contribution in [-0.4, -0.2) is 32.3 Å². The van der Waals surface area contributed by atoms with Gasteiger partial charge in [0.15, 0.2) is 0 Å². The summed E-state index contributed by atoms with van der Waals surface area (Å²) in [5.74, 6) is 0. The van der Waals surface area contributed by atoms with E-state index in [1.807, 2.05) is 12.1 Å². The van der Waals surface area contributed by atoms with Gasteiger partial charge in [0.1, 0.15) is 0 Å². The van der Waals surface area contributed by atoms with Gasteiger partial charge in [-0.15, -0.1) is 0 Å². The highest BCUT2D eigenvalue weighted by Gasteiger charge is 2.21. The van der Waals surface area contributed by atoms with Crippen molar-refractivity contribution in [1.82, 2.24) is 5.32 Å². The highest BCUT2D eigenvalue weighted by molar-refractivity contribution is 6.31. The Bertz CT molecular complexity index is 432. The molecule has 1 N–H and O–H groups in total. The first-order valence-electron chi connectivity index (χ1n) is 7.41. The average Bonchev–Trinajstić information content (AvgIpc) is 3.20. The van der Waals surface area contributed by atoms with Crippen molar-refractivity contribution in [2.75, 3.05) is 25.1 Å². The summed E-state index contributed by atoms with van der Waals surface area (Å²) in [7, 11) is 2.09. The van der Waals surface area contributed by atoms with Gasteiger partial charge in [-0.1, -0.05) is 17.7 Å². The van der Waals surface area contributed by atoms with Crippen LogP contribution in [0.25, 0.3) is 0 Å². The minimum atomic E-state index is 0.277. The van der Waals surface area contributed by atoms with Gasteiger partial charge in [0.2, 0.25) is 0 Å². The second-order valence-electron chi connectivity index (χ2n) is 5.73. The Morgan fingerprint density at radius 3 is 2.80 bits per heavy atom. The summed E-state index contributed by atoms with van der Waals surface area (Å²) in [5, 5.41) is 4.38. The van der Waals surface area contributed by atoms with Crippen LogP contribution in [0.4, 0.5) is 5.69 Å². The van der Waals surface area contributed by atoms with E-state index in [4.69, 9.17) is 16.3 Å². The molecule has 1 aliphatic rings. The van der Waals surface area contributed by atoms with E-state index >= 15 is 0 Å². The van der Waals surface area contributed by atoms with Gasteiger partial charge in [-0.2, -0.15) is 0 Å². The summed E-state index contributed by atoms with van der Waals surface area (Å²) in [4.78, 5) is 2.22. The van der Waals surface area contributed by atoms with E-state index in [0.717, 1.165) is 24.7 Å². The standard InChI is InChI=1S/C16H25ClN2O/c1-12(2)20-10-9-19(3)16-6-4-5-15(17)14(16)11-18-13-7-8-13/h4-6,12-13,18H,7-11H2,1-3H3. The van der Waals surface area contributed by atoms with Crippen molar-refractivity contribution in [3.8, 4) is 0 Å². The summed E-state index contributed by atoms with van der Waals surface area (Å²) in [5.41, 5.74) is 2.38. The maximum atomic E-state index is 6.36. The second-order valence-corrected chi connectivity index (χ2v) is 6.14. The van der Waals surface area contributed by atoms with Gasteiger partial charge in [-0.3, -0.25) is 0 Å². The minimum absolute atomic E-state index is 0.277. The third-order valence-corrected chi connectivity index (χ3v) is 3.88. The monoisotopic (exact) mass is 296 g/mol. The fraction of sp³-hybridized carbons (Fsp3) is 0.625. The lowest BCUT2D eigenvalue weighted by atomic mass is 10.1. The van der Waals surface area contributed by atoms with Crippen LogP contribution in [0.5, 0.6) is 0 Å². The first kappa shape index (κ1) is 15.6. The van der Waals surface area contributed by atoms with Crippen molar-refractivity contribution in [2.45, 2.75) is 45.4 Å². The lowest BCUT2D eigenvalue weighted by Crippen LogP contribution is -2.26. The van der Waals surface area contributed by atoms with Crippen LogP contribution in [0.1, 0.15) is 32.3 Å². The number of likely N-dealkylation sites (N-methyl/N-ethyl adjacent to an activating group) is 1. The molecule has 0 bridgehead atoms. The Balaban J connectivity index is 1.98. The molecule has 0 saturated heterocycles. The molecule has 1 aliphatic carbocycles. The Morgan fingerprint density at radius 2 is 2.15 bits per heavy atom. The van der Waals surface area contributed by atoms with E-state index < -0.39 is 0 Å². The SMILES string of the molecule is CC(C)OCCN(C)c1cccc(Cl)c1CNC1CC1. The van der Waals surface area contributed by atoms with Crippen LogP contribution < -0.4 is 10.2 Å². The van der Waals surface area contributed by atoms with Crippen molar-refractivity contribution < 1.29 is 4.74 Å². The minimum Gasteiger partial charge on any atom is -0.377 e. The van der Waals surface area contributed by atoms with E-state index in [2.05, 4.69) is 37.2 Å². The molecule has 3 nitrogen and oxygen atoms in total. The Labute approximate surface area is 127 Å². The molecule has 112 valence electrons. The zero-order chi connectivity index (χ0) is 14.5. The quantitative estimate of drug-likeness (QED) is 0.795. The highest BCUT2D eigenvalue weighted by Crippen LogP contribution is 2.28. The Kier molecular flexibility index (Phi) is 5.70. The summed E-state index contributed by atoms with van der Waals surface area (Å²) in [6.45, 7) is 6.56. The number of hydrogen-bond acceptors (Lipinski definition) is 3. The van der Waals surface area contributed by atoms with Crippen molar-refractivity contribution in [1.29, 1.82) is 0 Å². The van der Waals surface area contributed by atoms with Crippen molar-refractivity contribution in [2.24, 2.45) is 0 Å². The molecule has 0 unspecified atom stereocenters. The van der Waals surface area contributed by atoms with E-state index in [1.54, 1.807) is 0 Å². The molecule has 1 aromatic carbocycles. The largest absolute Gasteiger partial charge is 0.377 e. The van der Waals surface area contributed by atoms with Crippen LogP contribution >= 0.6 is 11.6 Å². The van der Waals surface area contributed by atoms with Gasteiger partial charge < -0.3 is 15.0 Å². The number of anilines is 1. The number of halogens is 1. The number of nitrogens with zero attached hydrogens (tertiary/aromatic N) is 1.